The number of amides is 2. The van der Waals surface area contributed by atoms with Crippen molar-refractivity contribution >= 4 is 11.8 Å². The van der Waals surface area contributed by atoms with Crippen molar-refractivity contribution in [2.24, 2.45) is 5.92 Å². The molecule has 25 heavy (non-hydrogen) atoms. The predicted molar refractivity (Wildman–Crippen MR) is 92.6 cm³/mol. The molecule has 0 radical (unpaired) electrons. The summed E-state index contributed by atoms with van der Waals surface area (Å²) in [5, 5.41) is 4.11. The molecular weight excluding hydrogens is 320 g/mol. The topological polar surface area (TPSA) is 74.6 Å². The van der Waals surface area contributed by atoms with Crippen LogP contribution in [0.25, 0.3) is 0 Å². The van der Waals surface area contributed by atoms with Crippen LogP contribution in [-0.4, -0.2) is 86.1 Å². The number of hydrogen-bond donors (Lipinski definition) is 0. The Kier molecular flexibility index (Phi) is 5.08. The Morgan fingerprint density at radius 1 is 1.20 bits per heavy atom. The summed E-state index contributed by atoms with van der Waals surface area (Å²) in [6.45, 7) is 11.5. The van der Waals surface area contributed by atoms with E-state index in [1.54, 1.807) is 12.7 Å². The fourth-order valence-electron chi connectivity index (χ4n) is 3.56. The van der Waals surface area contributed by atoms with E-state index in [0.29, 0.717) is 13.0 Å². The van der Waals surface area contributed by atoms with Crippen LogP contribution in [0.1, 0.15) is 27.2 Å². The summed E-state index contributed by atoms with van der Waals surface area (Å²) in [5.74, 6) is 0.0433. The van der Waals surface area contributed by atoms with Crippen molar-refractivity contribution in [1.82, 2.24) is 29.5 Å². The van der Waals surface area contributed by atoms with E-state index in [0.717, 1.165) is 39.3 Å². The highest BCUT2D eigenvalue weighted by Crippen LogP contribution is 2.27. The molecule has 8 nitrogen and oxygen atoms in total. The molecule has 0 spiro atoms. The van der Waals surface area contributed by atoms with Gasteiger partial charge < -0.3 is 9.80 Å². The Balaban J connectivity index is 1.46. The van der Waals surface area contributed by atoms with Crippen LogP contribution in [0.3, 0.4) is 0 Å². The Morgan fingerprint density at radius 3 is 2.48 bits per heavy atom. The van der Waals surface area contributed by atoms with Crippen LogP contribution < -0.4 is 0 Å². The number of aromatic nitrogens is 3. The lowest BCUT2D eigenvalue weighted by atomic mass is 10.1. The molecule has 0 saturated carbocycles. The standard InChI is InChI=1S/C17H28N6O2/c1-17(2,3)23-11-14(10-15(23)24)16(25)21-7-4-20(5-8-21)6-9-22-13-18-12-19-22/h12-14H,4-11H2,1-3H3/t14-/m0/s1. The van der Waals surface area contributed by atoms with Crippen molar-refractivity contribution in [3.8, 4) is 0 Å². The molecule has 2 saturated heterocycles. The van der Waals surface area contributed by atoms with Crippen molar-refractivity contribution in [3.63, 3.8) is 0 Å². The highest BCUT2D eigenvalue weighted by molar-refractivity contribution is 5.89. The van der Waals surface area contributed by atoms with Gasteiger partial charge in [-0.2, -0.15) is 5.10 Å². The lowest BCUT2D eigenvalue weighted by Crippen LogP contribution is -2.51. The average Bonchev–Trinajstić information content (AvgIpc) is 3.21. The van der Waals surface area contributed by atoms with Crippen LogP contribution in [0.5, 0.6) is 0 Å². The Bertz CT molecular complexity index is 601. The van der Waals surface area contributed by atoms with Crippen LogP contribution in [0, 0.1) is 5.92 Å². The van der Waals surface area contributed by atoms with Gasteiger partial charge in [0.15, 0.2) is 0 Å². The molecule has 0 N–H and O–H groups in total. The van der Waals surface area contributed by atoms with Gasteiger partial charge in [0.1, 0.15) is 12.7 Å². The summed E-state index contributed by atoms with van der Waals surface area (Å²) >= 11 is 0. The van der Waals surface area contributed by atoms with E-state index in [1.807, 2.05) is 35.3 Å². The molecular formula is C17H28N6O2. The third kappa shape index (κ3) is 4.18. The molecule has 0 aromatic carbocycles. The predicted octanol–water partition coefficient (Wildman–Crippen LogP) is 0.0693. The summed E-state index contributed by atoms with van der Waals surface area (Å²) in [5.41, 5.74) is -0.216. The molecule has 0 aliphatic carbocycles. The molecule has 0 bridgehead atoms. The molecule has 1 atom stereocenters. The average molecular weight is 348 g/mol. The number of rotatable bonds is 4. The van der Waals surface area contributed by atoms with Crippen molar-refractivity contribution in [2.75, 3.05) is 39.3 Å². The first-order valence-corrected chi connectivity index (χ1v) is 8.98. The second kappa shape index (κ2) is 7.11. The minimum Gasteiger partial charge on any atom is -0.340 e. The van der Waals surface area contributed by atoms with E-state index in [1.165, 1.54) is 0 Å². The fraction of sp³-hybridized carbons (Fsp3) is 0.765. The largest absolute Gasteiger partial charge is 0.340 e. The van der Waals surface area contributed by atoms with E-state index >= 15 is 0 Å². The molecule has 2 aliphatic rings. The molecule has 3 rings (SSSR count). The normalized spacial score (nSPS) is 22.7. The minimum absolute atomic E-state index is 0.0947. The molecule has 3 heterocycles. The van der Waals surface area contributed by atoms with Crippen LogP contribution in [0.15, 0.2) is 12.7 Å². The van der Waals surface area contributed by atoms with E-state index in [2.05, 4.69) is 15.0 Å². The van der Waals surface area contributed by atoms with Gasteiger partial charge in [0.2, 0.25) is 11.8 Å². The van der Waals surface area contributed by atoms with Gasteiger partial charge in [0.05, 0.1) is 12.5 Å². The first kappa shape index (κ1) is 17.8. The van der Waals surface area contributed by atoms with Gasteiger partial charge >= 0.3 is 0 Å². The SMILES string of the molecule is CC(C)(C)N1C[C@@H](C(=O)N2CCN(CCn3cncn3)CC2)CC1=O. The molecule has 138 valence electrons. The summed E-state index contributed by atoms with van der Waals surface area (Å²) in [7, 11) is 0. The lowest BCUT2D eigenvalue weighted by Gasteiger charge is -2.36. The summed E-state index contributed by atoms with van der Waals surface area (Å²) in [6.07, 6.45) is 3.61. The number of likely N-dealkylation sites (tertiary alicyclic amines) is 1. The van der Waals surface area contributed by atoms with E-state index in [9.17, 15) is 9.59 Å². The quantitative estimate of drug-likeness (QED) is 0.770. The summed E-state index contributed by atoms with van der Waals surface area (Å²) in [4.78, 5) is 35.0. The van der Waals surface area contributed by atoms with Crippen LogP contribution >= 0.6 is 0 Å². The zero-order valence-electron chi connectivity index (χ0n) is 15.4. The van der Waals surface area contributed by atoms with E-state index in [4.69, 9.17) is 0 Å². The Morgan fingerprint density at radius 2 is 1.92 bits per heavy atom. The van der Waals surface area contributed by atoms with Crippen molar-refractivity contribution < 1.29 is 9.59 Å². The molecule has 1 aromatic heterocycles. The van der Waals surface area contributed by atoms with E-state index < -0.39 is 0 Å². The molecule has 8 heteroatoms. The van der Waals surface area contributed by atoms with Gasteiger partial charge in [0.25, 0.3) is 0 Å². The molecule has 2 fully saturated rings. The lowest BCUT2D eigenvalue weighted by molar-refractivity contribution is -0.137. The number of carbonyl (C=O) groups excluding carboxylic acids is 2. The monoisotopic (exact) mass is 348 g/mol. The smallest absolute Gasteiger partial charge is 0.228 e. The minimum atomic E-state index is -0.216. The highest BCUT2D eigenvalue weighted by atomic mass is 16.2. The Hall–Kier alpha value is -1.96. The summed E-state index contributed by atoms with van der Waals surface area (Å²) in [6, 6.07) is 0. The van der Waals surface area contributed by atoms with Gasteiger partial charge in [-0.1, -0.05) is 0 Å². The number of piperazine rings is 1. The van der Waals surface area contributed by atoms with Crippen LogP contribution in [-0.2, 0) is 16.1 Å². The van der Waals surface area contributed by atoms with Gasteiger partial charge in [-0.3, -0.25) is 19.2 Å². The summed E-state index contributed by atoms with van der Waals surface area (Å²) < 4.78 is 1.82. The van der Waals surface area contributed by atoms with Crippen LogP contribution in [0.4, 0.5) is 0 Å². The molecule has 2 amide bonds. The number of carbonyl (C=O) groups is 2. The molecule has 1 aromatic rings. The number of hydrogen-bond acceptors (Lipinski definition) is 5. The van der Waals surface area contributed by atoms with Gasteiger partial charge in [0, 0.05) is 51.2 Å². The maximum absolute atomic E-state index is 12.8. The maximum atomic E-state index is 12.8. The van der Waals surface area contributed by atoms with Crippen molar-refractivity contribution in [2.45, 2.75) is 39.3 Å². The van der Waals surface area contributed by atoms with Crippen molar-refractivity contribution in [1.29, 1.82) is 0 Å². The third-order valence-corrected chi connectivity index (χ3v) is 5.08. The second-order valence-corrected chi connectivity index (χ2v) is 7.90. The first-order chi connectivity index (χ1) is 11.8. The maximum Gasteiger partial charge on any atom is 0.228 e. The van der Waals surface area contributed by atoms with Gasteiger partial charge in [-0.15, -0.1) is 0 Å². The zero-order valence-corrected chi connectivity index (χ0v) is 15.4. The van der Waals surface area contributed by atoms with Crippen LogP contribution in [0.2, 0.25) is 0 Å². The Labute approximate surface area is 148 Å². The molecule has 0 unspecified atom stereocenters. The molecule has 2 aliphatic heterocycles. The van der Waals surface area contributed by atoms with E-state index in [-0.39, 0.29) is 23.3 Å². The van der Waals surface area contributed by atoms with Gasteiger partial charge in [-0.05, 0) is 20.8 Å². The first-order valence-electron chi connectivity index (χ1n) is 8.98. The number of nitrogens with zero attached hydrogens (tertiary/aromatic N) is 6. The zero-order chi connectivity index (χ0) is 18.0. The third-order valence-electron chi connectivity index (χ3n) is 5.08. The second-order valence-electron chi connectivity index (χ2n) is 7.90. The fourth-order valence-corrected chi connectivity index (χ4v) is 3.56. The highest BCUT2D eigenvalue weighted by Gasteiger charge is 2.41. The van der Waals surface area contributed by atoms with Gasteiger partial charge in [-0.25, -0.2) is 4.98 Å². The van der Waals surface area contributed by atoms with Crippen molar-refractivity contribution in [3.05, 3.63) is 12.7 Å².